The van der Waals surface area contributed by atoms with Crippen molar-refractivity contribution in [1.29, 1.82) is 0 Å². The molecule has 0 saturated carbocycles. The SMILES string of the molecule is CS(=O)(=O)OC[C@@H]1CCCN1C(=O)c1ccccc1. The molecule has 0 unspecified atom stereocenters. The number of hydrogen-bond acceptors (Lipinski definition) is 4. The van der Waals surface area contributed by atoms with E-state index in [0.717, 1.165) is 19.1 Å². The lowest BCUT2D eigenvalue weighted by atomic mass is 10.2. The summed E-state index contributed by atoms with van der Waals surface area (Å²) in [7, 11) is -3.46. The van der Waals surface area contributed by atoms with E-state index in [0.29, 0.717) is 12.1 Å². The van der Waals surface area contributed by atoms with Gasteiger partial charge >= 0.3 is 0 Å². The van der Waals surface area contributed by atoms with Gasteiger partial charge in [0.1, 0.15) is 0 Å². The van der Waals surface area contributed by atoms with E-state index in [1.165, 1.54) is 0 Å². The second kappa shape index (κ2) is 5.71. The van der Waals surface area contributed by atoms with E-state index in [1.54, 1.807) is 17.0 Å². The van der Waals surface area contributed by atoms with Crippen LogP contribution in [0.1, 0.15) is 23.2 Å². The highest BCUT2D eigenvalue weighted by Gasteiger charge is 2.30. The zero-order valence-electron chi connectivity index (χ0n) is 10.8. The van der Waals surface area contributed by atoms with E-state index in [4.69, 9.17) is 4.18 Å². The molecule has 0 spiro atoms. The molecule has 0 N–H and O–H groups in total. The summed E-state index contributed by atoms with van der Waals surface area (Å²) in [6.45, 7) is 0.683. The molecular formula is C13H17NO4S. The molecule has 1 amide bonds. The predicted molar refractivity (Wildman–Crippen MR) is 71.3 cm³/mol. The first kappa shape index (κ1) is 14.0. The van der Waals surface area contributed by atoms with Gasteiger partial charge in [-0.15, -0.1) is 0 Å². The van der Waals surface area contributed by atoms with Crippen molar-refractivity contribution in [3.8, 4) is 0 Å². The van der Waals surface area contributed by atoms with Crippen molar-refractivity contribution in [1.82, 2.24) is 4.90 Å². The molecule has 6 heteroatoms. The first-order valence-electron chi connectivity index (χ1n) is 6.18. The summed E-state index contributed by atoms with van der Waals surface area (Å²) in [4.78, 5) is 14.0. The molecule has 1 fully saturated rings. The molecule has 1 aromatic carbocycles. The van der Waals surface area contributed by atoms with E-state index < -0.39 is 10.1 Å². The molecule has 0 aromatic heterocycles. The van der Waals surface area contributed by atoms with E-state index >= 15 is 0 Å². The van der Waals surface area contributed by atoms with Gasteiger partial charge in [-0.1, -0.05) is 18.2 Å². The lowest BCUT2D eigenvalue weighted by molar-refractivity contribution is 0.0694. The van der Waals surface area contributed by atoms with Crippen LogP contribution in [0.15, 0.2) is 30.3 Å². The number of hydrogen-bond donors (Lipinski definition) is 0. The van der Waals surface area contributed by atoms with E-state index in [1.807, 2.05) is 18.2 Å². The maximum absolute atomic E-state index is 12.3. The second-order valence-corrected chi connectivity index (χ2v) is 6.29. The molecule has 5 nitrogen and oxygen atoms in total. The number of carbonyl (C=O) groups is 1. The Balaban J connectivity index is 2.05. The van der Waals surface area contributed by atoms with E-state index in [2.05, 4.69) is 0 Å². The smallest absolute Gasteiger partial charge is 0.264 e. The number of amides is 1. The standard InChI is InChI=1S/C13H17NO4S/c1-19(16,17)18-10-12-8-5-9-14(12)13(15)11-6-3-2-4-7-11/h2-4,6-7,12H,5,8-10H2,1H3/t12-/m0/s1. The molecule has 1 aromatic rings. The minimum atomic E-state index is -3.46. The average Bonchev–Trinajstić information content (AvgIpc) is 2.84. The highest BCUT2D eigenvalue weighted by atomic mass is 32.2. The van der Waals surface area contributed by atoms with Crippen LogP contribution in [0.25, 0.3) is 0 Å². The lowest BCUT2D eigenvalue weighted by Crippen LogP contribution is -2.38. The van der Waals surface area contributed by atoms with Crippen LogP contribution in [0.4, 0.5) is 0 Å². The first-order valence-corrected chi connectivity index (χ1v) is 7.99. The van der Waals surface area contributed by atoms with Crippen molar-refractivity contribution in [2.24, 2.45) is 0 Å². The molecule has 0 radical (unpaired) electrons. The van der Waals surface area contributed by atoms with Crippen LogP contribution in [0.3, 0.4) is 0 Å². The number of rotatable bonds is 4. The summed E-state index contributed by atoms with van der Waals surface area (Å²) in [6, 6.07) is 8.83. The number of carbonyl (C=O) groups excluding carboxylic acids is 1. The lowest BCUT2D eigenvalue weighted by Gasteiger charge is -2.24. The highest BCUT2D eigenvalue weighted by molar-refractivity contribution is 7.85. The Morgan fingerprint density at radius 1 is 1.37 bits per heavy atom. The van der Waals surface area contributed by atoms with Gasteiger partial charge in [0.2, 0.25) is 0 Å². The topological polar surface area (TPSA) is 63.7 Å². The van der Waals surface area contributed by atoms with Crippen LogP contribution in [0.5, 0.6) is 0 Å². The third-order valence-corrected chi connectivity index (χ3v) is 3.70. The predicted octanol–water partition coefficient (Wildman–Crippen LogP) is 1.27. The van der Waals surface area contributed by atoms with Crippen molar-refractivity contribution < 1.29 is 17.4 Å². The molecule has 19 heavy (non-hydrogen) atoms. The van der Waals surface area contributed by atoms with Crippen molar-refractivity contribution >= 4 is 16.0 Å². The Labute approximate surface area is 113 Å². The zero-order valence-corrected chi connectivity index (χ0v) is 11.6. The third kappa shape index (κ3) is 3.78. The van der Waals surface area contributed by atoms with Gasteiger partial charge in [-0.3, -0.25) is 8.98 Å². The summed E-state index contributed by atoms with van der Waals surface area (Å²) >= 11 is 0. The second-order valence-electron chi connectivity index (χ2n) is 4.65. The summed E-state index contributed by atoms with van der Waals surface area (Å²) in [5, 5.41) is 0. The molecule has 1 aliphatic heterocycles. The maximum Gasteiger partial charge on any atom is 0.264 e. The largest absolute Gasteiger partial charge is 0.333 e. The fourth-order valence-electron chi connectivity index (χ4n) is 2.23. The van der Waals surface area contributed by atoms with Crippen LogP contribution in [0, 0.1) is 0 Å². The Bertz CT molecular complexity index is 541. The summed E-state index contributed by atoms with van der Waals surface area (Å²) in [6.07, 6.45) is 2.66. The molecule has 1 heterocycles. The summed E-state index contributed by atoms with van der Waals surface area (Å²) < 4.78 is 26.8. The van der Waals surface area contributed by atoms with Gasteiger partial charge < -0.3 is 4.90 Å². The van der Waals surface area contributed by atoms with Crippen molar-refractivity contribution in [3.05, 3.63) is 35.9 Å². The molecular weight excluding hydrogens is 266 g/mol. The Morgan fingerprint density at radius 2 is 2.05 bits per heavy atom. The van der Waals surface area contributed by atoms with E-state index in [-0.39, 0.29) is 18.6 Å². The fourth-order valence-corrected chi connectivity index (χ4v) is 2.63. The molecule has 0 bridgehead atoms. The summed E-state index contributed by atoms with van der Waals surface area (Å²) in [5.41, 5.74) is 0.619. The summed E-state index contributed by atoms with van der Waals surface area (Å²) in [5.74, 6) is -0.0693. The van der Waals surface area contributed by atoms with Gasteiger partial charge in [-0.2, -0.15) is 8.42 Å². The van der Waals surface area contributed by atoms with Gasteiger partial charge in [-0.05, 0) is 25.0 Å². The number of likely N-dealkylation sites (tertiary alicyclic amines) is 1. The van der Waals surface area contributed by atoms with Crippen LogP contribution in [-0.4, -0.2) is 44.7 Å². The van der Waals surface area contributed by atoms with Crippen LogP contribution >= 0.6 is 0 Å². The third-order valence-electron chi connectivity index (χ3n) is 3.13. The van der Waals surface area contributed by atoms with E-state index in [9.17, 15) is 13.2 Å². The molecule has 1 saturated heterocycles. The van der Waals surface area contributed by atoms with Crippen molar-refractivity contribution in [3.63, 3.8) is 0 Å². The molecule has 104 valence electrons. The van der Waals surface area contributed by atoms with Crippen molar-refractivity contribution in [2.75, 3.05) is 19.4 Å². The molecule has 1 aliphatic rings. The van der Waals surface area contributed by atoms with Crippen LogP contribution < -0.4 is 0 Å². The minimum Gasteiger partial charge on any atom is -0.333 e. The molecule has 1 atom stereocenters. The average molecular weight is 283 g/mol. The minimum absolute atomic E-state index is 0.0391. The van der Waals surface area contributed by atoms with Gasteiger partial charge in [0.15, 0.2) is 0 Å². The van der Waals surface area contributed by atoms with Gasteiger partial charge in [-0.25, -0.2) is 0 Å². The fraction of sp³-hybridized carbons (Fsp3) is 0.462. The van der Waals surface area contributed by atoms with Crippen molar-refractivity contribution in [2.45, 2.75) is 18.9 Å². The molecule has 0 aliphatic carbocycles. The molecule has 2 rings (SSSR count). The van der Waals surface area contributed by atoms with Crippen LogP contribution in [-0.2, 0) is 14.3 Å². The first-order chi connectivity index (χ1) is 8.97. The monoisotopic (exact) mass is 283 g/mol. The quantitative estimate of drug-likeness (QED) is 0.781. The van der Waals surface area contributed by atoms with Gasteiger partial charge in [0.25, 0.3) is 16.0 Å². The van der Waals surface area contributed by atoms with Crippen LogP contribution in [0.2, 0.25) is 0 Å². The van der Waals surface area contributed by atoms with Gasteiger partial charge in [0.05, 0.1) is 18.9 Å². The highest BCUT2D eigenvalue weighted by Crippen LogP contribution is 2.20. The van der Waals surface area contributed by atoms with Gasteiger partial charge in [0, 0.05) is 12.1 Å². The maximum atomic E-state index is 12.3. The Kier molecular flexibility index (Phi) is 4.21. The Morgan fingerprint density at radius 3 is 2.68 bits per heavy atom. The number of benzene rings is 1. The Hall–Kier alpha value is -1.40. The zero-order chi connectivity index (χ0) is 13.9. The normalized spacial score (nSPS) is 19.6. The number of nitrogens with zero attached hydrogens (tertiary/aromatic N) is 1.